The molecule has 0 N–H and O–H groups in total. The van der Waals surface area contributed by atoms with Gasteiger partial charge in [0.1, 0.15) is 0 Å². The molecule has 0 unspecified atom stereocenters. The molecular weight excluding hydrogens is 441 g/mol. The van der Waals surface area contributed by atoms with E-state index in [-0.39, 0.29) is 0 Å². The second kappa shape index (κ2) is 11.1. The van der Waals surface area contributed by atoms with Crippen LogP contribution in [0.4, 0.5) is 0 Å². The zero-order chi connectivity index (χ0) is 20.8. The van der Waals surface area contributed by atoms with Crippen molar-refractivity contribution < 1.29 is 0 Å². The lowest BCUT2D eigenvalue weighted by atomic mass is 10.1. The minimum Gasteiger partial charge on any atom is -0.142 e. The van der Waals surface area contributed by atoms with Crippen LogP contribution in [0, 0.1) is 0 Å². The molecule has 160 valence electrons. The summed E-state index contributed by atoms with van der Waals surface area (Å²) in [5, 5.41) is 4.77. The van der Waals surface area contributed by atoms with E-state index in [4.69, 9.17) is 0 Å². The predicted octanol–water partition coefficient (Wildman–Crippen LogP) is 10.7. The van der Waals surface area contributed by atoms with E-state index in [1.54, 1.807) is 9.75 Å². The van der Waals surface area contributed by atoms with Crippen molar-refractivity contribution >= 4 is 54.7 Å². The van der Waals surface area contributed by atoms with Gasteiger partial charge in [-0.05, 0) is 49.9 Å². The molecule has 0 aliphatic carbocycles. The Morgan fingerprint density at radius 1 is 0.567 bits per heavy atom. The Morgan fingerprint density at radius 2 is 1.03 bits per heavy atom. The van der Waals surface area contributed by atoms with Crippen molar-refractivity contribution in [2.24, 2.45) is 0 Å². The quantitative estimate of drug-likeness (QED) is 0.180. The van der Waals surface area contributed by atoms with Gasteiger partial charge in [0.2, 0.25) is 0 Å². The van der Waals surface area contributed by atoms with E-state index in [0.29, 0.717) is 0 Å². The summed E-state index contributed by atoms with van der Waals surface area (Å²) in [5.74, 6) is 0. The summed E-state index contributed by atoms with van der Waals surface area (Å²) >= 11 is 7.86. The van der Waals surface area contributed by atoms with Gasteiger partial charge in [0, 0.05) is 41.4 Å². The van der Waals surface area contributed by atoms with Crippen molar-refractivity contribution in [3.63, 3.8) is 0 Å². The monoisotopic (exact) mass is 472 g/mol. The van der Waals surface area contributed by atoms with Crippen LogP contribution in [-0.2, 0) is 12.8 Å². The van der Waals surface area contributed by atoms with Gasteiger partial charge in [-0.2, -0.15) is 0 Å². The Kier molecular flexibility index (Phi) is 8.22. The van der Waals surface area contributed by atoms with Crippen LogP contribution in [0.3, 0.4) is 0 Å². The average molecular weight is 473 g/mol. The van der Waals surface area contributed by atoms with E-state index in [1.807, 2.05) is 45.3 Å². The largest absolute Gasteiger partial charge is 0.142 e. The lowest BCUT2D eigenvalue weighted by Gasteiger charge is -1.97. The third-order valence-corrected chi connectivity index (χ3v) is 10.2. The summed E-state index contributed by atoms with van der Waals surface area (Å²) in [7, 11) is 0. The van der Waals surface area contributed by atoms with E-state index in [2.05, 4.69) is 48.9 Å². The zero-order valence-corrected chi connectivity index (χ0v) is 21.4. The summed E-state index contributed by atoms with van der Waals surface area (Å²) in [4.78, 5) is 5.98. The van der Waals surface area contributed by atoms with Gasteiger partial charge in [-0.1, -0.05) is 52.4 Å². The maximum absolute atomic E-state index is 2.39. The molecule has 0 nitrogen and oxygen atoms in total. The summed E-state index contributed by atoms with van der Waals surface area (Å²) in [6.07, 6.45) is 13.2. The Morgan fingerprint density at radius 3 is 1.47 bits per heavy atom. The SMILES string of the molecule is CCCCCCc1ccc(-c2csc3c(-c4ccc(CCCCCC)s4)csc23)s1. The number of hydrogen-bond donors (Lipinski definition) is 0. The topological polar surface area (TPSA) is 0 Å². The predicted molar refractivity (Wildman–Crippen MR) is 142 cm³/mol. The van der Waals surface area contributed by atoms with Crippen LogP contribution >= 0.6 is 45.3 Å². The number of rotatable bonds is 12. The van der Waals surface area contributed by atoms with E-state index in [9.17, 15) is 0 Å². The molecule has 0 spiro atoms. The van der Waals surface area contributed by atoms with Crippen LogP contribution in [0.5, 0.6) is 0 Å². The summed E-state index contributed by atoms with van der Waals surface area (Å²) in [6.45, 7) is 4.57. The van der Waals surface area contributed by atoms with E-state index >= 15 is 0 Å². The number of fused-ring (bicyclic) bond motifs is 1. The molecule has 0 radical (unpaired) electrons. The number of aryl methyl sites for hydroxylation is 2. The molecule has 4 heteroatoms. The van der Waals surface area contributed by atoms with Crippen molar-refractivity contribution in [3.8, 4) is 20.9 Å². The molecule has 0 bridgehead atoms. The minimum absolute atomic E-state index is 1.24. The van der Waals surface area contributed by atoms with Gasteiger partial charge >= 0.3 is 0 Å². The van der Waals surface area contributed by atoms with E-state index in [1.165, 1.54) is 94.5 Å². The number of thiophene rings is 4. The first kappa shape index (κ1) is 22.3. The Labute approximate surface area is 197 Å². The molecule has 4 aromatic heterocycles. The van der Waals surface area contributed by atoms with Crippen molar-refractivity contribution in [1.82, 2.24) is 0 Å². The molecule has 30 heavy (non-hydrogen) atoms. The van der Waals surface area contributed by atoms with Crippen molar-refractivity contribution in [2.75, 3.05) is 0 Å². The maximum atomic E-state index is 2.39. The van der Waals surface area contributed by atoms with Gasteiger partial charge < -0.3 is 0 Å². The molecule has 0 aliphatic rings. The van der Waals surface area contributed by atoms with Gasteiger partial charge in [-0.25, -0.2) is 0 Å². The highest BCUT2D eigenvalue weighted by molar-refractivity contribution is 7.29. The highest BCUT2D eigenvalue weighted by atomic mass is 32.1. The second-order valence-corrected chi connectivity index (χ2v) is 12.2. The molecule has 4 aromatic rings. The van der Waals surface area contributed by atoms with Crippen LogP contribution in [0.2, 0.25) is 0 Å². The fourth-order valence-electron chi connectivity index (χ4n) is 3.93. The normalized spacial score (nSPS) is 11.7. The molecule has 4 rings (SSSR count). The van der Waals surface area contributed by atoms with Crippen molar-refractivity contribution in [3.05, 3.63) is 44.8 Å². The van der Waals surface area contributed by atoms with Gasteiger partial charge in [-0.3, -0.25) is 0 Å². The van der Waals surface area contributed by atoms with Crippen LogP contribution in [0.25, 0.3) is 30.3 Å². The molecule has 0 amide bonds. The van der Waals surface area contributed by atoms with Crippen LogP contribution in [-0.4, -0.2) is 0 Å². The van der Waals surface area contributed by atoms with E-state index in [0.717, 1.165) is 0 Å². The van der Waals surface area contributed by atoms with Gasteiger partial charge in [0.15, 0.2) is 0 Å². The fraction of sp³-hybridized carbons (Fsp3) is 0.462. The Bertz CT molecular complexity index is 958. The Hall–Kier alpha value is -0.940. The highest BCUT2D eigenvalue weighted by Crippen LogP contribution is 2.46. The molecule has 0 saturated heterocycles. The first-order valence-corrected chi connectivity index (χ1v) is 14.9. The molecule has 4 heterocycles. The fourth-order valence-corrected chi connectivity index (χ4v) is 8.77. The second-order valence-electron chi connectivity index (χ2n) is 8.11. The smallest absolute Gasteiger partial charge is 0.0544 e. The molecule has 0 atom stereocenters. The molecule has 0 aromatic carbocycles. The van der Waals surface area contributed by atoms with Gasteiger partial charge in [-0.15, -0.1) is 45.3 Å². The average Bonchev–Trinajstić information content (AvgIpc) is 3.52. The molecular formula is C26H32S4. The molecule has 0 fully saturated rings. The first-order valence-electron chi connectivity index (χ1n) is 11.5. The molecule has 0 aliphatic heterocycles. The minimum atomic E-state index is 1.24. The Balaban J connectivity index is 1.46. The van der Waals surface area contributed by atoms with Crippen LogP contribution < -0.4 is 0 Å². The van der Waals surface area contributed by atoms with Crippen LogP contribution in [0.15, 0.2) is 35.0 Å². The first-order chi connectivity index (χ1) is 14.8. The van der Waals surface area contributed by atoms with Gasteiger partial charge in [0.05, 0.1) is 9.40 Å². The van der Waals surface area contributed by atoms with E-state index < -0.39 is 0 Å². The molecule has 0 saturated carbocycles. The van der Waals surface area contributed by atoms with Crippen LogP contribution in [0.1, 0.15) is 75.0 Å². The standard InChI is InChI=1S/C26H32S4/c1-3-5-7-9-11-19-13-15-23(29-19)21-17-27-26-22(18-28-25(21)26)24-16-14-20(30-24)12-10-8-6-4-2/h13-18H,3-12H2,1-2H3. The summed E-state index contributed by atoms with van der Waals surface area (Å²) < 4.78 is 2.96. The summed E-state index contributed by atoms with van der Waals surface area (Å²) in [6, 6.07) is 9.41. The third-order valence-electron chi connectivity index (χ3n) is 5.69. The maximum Gasteiger partial charge on any atom is 0.0544 e. The van der Waals surface area contributed by atoms with Crippen molar-refractivity contribution in [2.45, 2.75) is 78.1 Å². The van der Waals surface area contributed by atoms with Gasteiger partial charge in [0.25, 0.3) is 0 Å². The lowest BCUT2D eigenvalue weighted by molar-refractivity contribution is 0.670. The third kappa shape index (κ3) is 5.27. The highest BCUT2D eigenvalue weighted by Gasteiger charge is 2.16. The lowest BCUT2D eigenvalue weighted by Crippen LogP contribution is -1.80. The van der Waals surface area contributed by atoms with Crippen molar-refractivity contribution in [1.29, 1.82) is 0 Å². The zero-order valence-electron chi connectivity index (χ0n) is 18.2. The number of unbranched alkanes of at least 4 members (excludes halogenated alkanes) is 6. The number of hydrogen-bond acceptors (Lipinski definition) is 4. The summed E-state index contributed by atoms with van der Waals surface area (Å²) in [5.41, 5.74) is 2.90.